The summed E-state index contributed by atoms with van der Waals surface area (Å²) in [6, 6.07) is 14.6. The van der Waals surface area contributed by atoms with Gasteiger partial charge in [0.05, 0.1) is 22.5 Å². The number of hydrogen-bond acceptors (Lipinski definition) is 4. The van der Waals surface area contributed by atoms with Crippen LogP contribution in [0, 0.1) is 12.8 Å². The molecule has 170 valence electrons. The highest BCUT2D eigenvalue weighted by Gasteiger charge is 2.43. The molecule has 0 aliphatic carbocycles. The fraction of sp³-hybridized carbons (Fsp3) is 0.280. The van der Waals surface area contributed by atoms with E-state index in [4.69, 9.17) is 0 Å². The Morgan fingerprint density at radius 1 is 0.909 bits per heavy atom. The van der Waals surface area contributed by atoms with E-state index in [1.807, 2.05) is 32.0 Å². The summed E-state index contributed by atoms with van der Waals surface area (Å²) >= 11 is 0. The van der Waals surface area contributed by atoms with Crippen LogP contribution in [0.1, 0.15) is 46.7 Å². The van der Waals surface area contributed by atoms with Gasteiger partial charge in [0.25, 0.3) is 17.4 Å². The molecule has 0 bridgehead atoms. The van der Waals surface area contributed by atoms with Crippen molar-refractivity contribution in [1.29, 1.82) is 0 Å². The van der Waals surface area contributed by atoms with Crippen LogP contribution in [0.25, 0.3) is 5.69 Å². The summed E-state index contributed by atoms with van der Waals surface area (Å²) in [6.45, 7) is 5.55. The van der Waals surface area contributed by atoms with E-state index in [-0.39, 0.29) is 34.7 Å². The lowest BCUT2D eigenvalue weighted by Gasteiger charge is -2.26. The van der Waals surface area contributed by atoms with Gasteiger partial charge in [0.2, 0.25) is 5.91 Å². The van der Waals surface area contributed by atoms with E-state index in [1.54, 1.807) is 55.1 Å². The Kier molecular flexibility index (Phi) is 5.76. The monoisotopic (exact) mass is 446 g/mol. The Hall–Kier alpha value is -3.94. The van der Waals surface area contributed by atoms with Crippen LogP contribution < -0.4 is 10.9 Å². The number of aromatic nitrogens is 2. The fourth-order valence-corrected chi connectivity index (χ4v) is 4.19. The fourth-order valence-electron chi connectivity index (χ4n) is 4.19. The van der Waals surface area contributed by atoms with E-state index in [0.29, 0.717) is 11.4 Å². The molecule has 0 spiro atoms. The molecule has 2 heterocycles. The summed E-state index contributed by atoms with van der Waals surface area (Å²) in [6.07, 6.45) is 0.274. The van der Waals surface area contributed by atoms with Gasteiger partial charge in [-0.25, -0.2) is 4.68 Å². The molecular weight excluding hydrogens is 420 g/mol. The second-order valence-electron chi connectivity index (χ2n) is 8.60. The third-order valence-corrected chi connectivity index (χ3v) is 5.94. The topological polar surface area (TPSA) is 93.4 Å². The number of benzene rings is 2. The van der Waals surface area contributed by atoms with Crippen LogP contribution in [-0.4, -0.2) is 38.0 Å². The van der Waals surface area contributed by atoms with E-state index in [1.165, 1.54) is 4.68 Å². The Labute approximate surface area is 191 Å². The van der Waals surface area contributed by atoms with Crippen LogP contribution >= 0.6 is 0 Å². The number of nitrogens with one attached hydrogen (secondary N) is 1. The molecule has 8 heteroatoms. The average molecular weight is 447 g/mol. The minimum absolute atomic E-state index is 0.0305. The van der Waals surface area contributed by atoms with Gasteiger partial charge in [-0.05, 0) is 43.5 Å². The molecule has 0 saturated carbocycles. The quantitative estimate of drug-likeness (QED) is 0.589. The molecule has 3 amide bonds. The van der Waals surface area contributed by atoms with Gasteiger partial charge in [-0.1, -0.05) is 44.2 Å². The number of hydrogen-bond donors (Lipinski definition) is 1. The van der Waals surface area contributed by atoms with Gasteiger partial charge in [0, 0.05) is 7.05 Å². The minimum atomic E-state index is -1.04. The molecule has 1 aliphatic heterocycles. The first kappa shape index (κ1) is 22.3. The van der Waals surface area contributed by atoms with Crippen molar-refractivity contribution in [2.75, 3.05) is 5.32 Å². The predicted octanol–water partition coefficient (Wildman–Crippen LogP) is 3.13. The summed E-state index contributed by atoms with van der Waals surface area (Å²) in [4.78, 5) is 53.7. The lowest BCUT2D eigenvalue weighted by Crippen LogP contribution is -2.48. The summed E-state index contributed by atoms with van der Waals surface area (Å²) in [5.74, 6) is -1.53. The van der Waals surface area contributed by atoms with E-state index in [9.17, 15) is 19.2 Å². The maximum absolute atomic E-state index is 13.4. The van der Waals surface area contributed by atoms with Crippen LogP contribution in [0.15, 0.2) is 59.4 Å². The van der Waals surface area contributed by atoms with Crippen LogP contribution in [0.5, 0.6) is 0 Å². The molecule has 0 saturated heterocycles. The van der Waals surface area contributed by atoms with Gasteiger partial charge in [0.1, 0.15) is 11.7 Å². The molecule has 1 atom stereocenters. The van der Waals surface area contributed by atoms with Crippen molar-refractivity contribution in [1.82, 2.24) is 14.3 Å². The average Bonchev–Trinajstić information content (AvgIpc) is 3.17. The molecular formula is C25H26N4O4. The first-order chi connectivity index (χ1) is 15.7. The number of nitrogens with zero attached hydrogens (tertiary/aromatic N) is 3. The highest BCUT2D eigenvalue weighted by atomic mass is 16.2. The third-order valence-electron chi connectivity index (χ3n) is 5.94. The number of carbonyl (C=O) groups excluding carboxylic acids is 3. The minimum Gasteiger partial charge on any atom is -0.318 e. The largest absolute Gasteiger partial charge is 0.318 e. The Morgan fingerprint density at radius 2 is 1.45 bits per heavy atom. The SMILES string of the molecule is Cc1c(NC(=O)C(CC(C)C)N2C(=O)c3ccccc3C2=O)c(=O)n(-c2ccccc2)n1C. The van der Waals surface area contributed by atoms with Crippen molar-refractivity contribution in [3.05, 3.63) is 81.8 Å². The van der Waals surface area contributed by atoms with E-state index in [2.05, 4.69) is 5.32 Å². The number of amides is 3. The van der Waals surface area contributed by atoms with Gasteiger partial charge in [-0.2, -0.15) is 0 Å². The number of carbonyl (C=O) groups is 3. The normalized spacial score (nSPS) is 14.0. The molecule has 4 rings (SSSR count). The van der Waals surface area contributed by atoms with Crippen molar-refractivity contribution >= 4 is 23.4 Å². The van der Waals surface area contributed by atoms with Crippen LogP contribution in [0.4, 0.5) is 5.69 Å². The Bertz CT molecular complexity index is 1270. The molecule has 1 unspecified atom stereocenters. The van der Waals surface area contributed by atoms with Gasteiger partial charge in [-0.15, -0.1) is 0 Å². The van der Waals surface area contributed by atoms with Gasteiger partial charge >= 0.3 is 0 Å². The lowest BCUT2D eigenvalue weighted by atomic mass is 10.0. The predicted molar refractivity (Wildman–Crippen MR) is 125 cm³/mol. The van der Waals surface area contributed by atoms with Crippen molar-refractivity contribution in [3.8, 4) is 5.69 Å². The van der Waals surface area contributed by atoms with Gasteiger partial charge in [0.15, 0.2) is 0 Å². The van der Waals surface area contributed by atoms with Crippen molar-refractivity contribution < 1.29 is 14.4 Å². The molecule has 2 aromatic carbocycles. The van der Waals surface area contributed by atoms with Crippen molar-refractivity contribution in [2.24, 2.45) is 13.0 Å². The van der Waals surface area contributed by atoms with Crippen LogP contribution in [0.3, 0.4) is 0 Å². The van der Waals surface area contributed by atoms with Gasteiger partial charge in [-0.3, -0.25) is 28.8 Å². The van der Waals surface area contributed by atoms with Crippen molar-refractivity contribution in [3.63, 3.8) is 0 Å². The molecule has 3 aromatic rings. The molecule has 0 radical (unpaired) electrons. The first-order valence-corrected chi connectivity index (χ1v) is 10.8. The summed E-state index contributed by atoms with van der Waals surface area (Å²) < 4.78 is 3.12. The van der Waals surface area contributed by atoms with E-state index < -0.39 is 23.8 Å². The second-order valence-corrected chi connectivity index (χ2v) is 8.60. The van der Waals surface area contributed by atoms with Crippen LogP contribution in [-0.2, 0) is 11.8 Å². The Balaban J connectivity index is 1.70. The zero-order chi connectivity index (χ0) is 23.9. The van der Waals surface area contributed by atoms with Gasteiger partial charge < -0.3 is 5.32 Å². The zero-order valence-corrected chi connectivity index (χ0v) is 19.0. The summed E-state index contributed by atoms with van der Waals surface area (Å²) in [5, 5.41) is 2.72. The zero-order valence-electron chi connectivity index (χ0n) is 19.0. The first-order valence-electron chi connectivity index (χ1n) is 10.8. The smallest absolute Gasteiger partial charge is 0.295 e. The number of rotatable bonds is 6. The molecule has 8 nitrogen and oxygen atoms in total. The van der Waals surface area contributed by atoms with E-state index >= 15 is 0 Å². The highest BCUT2D eigenvalue weighted by Crippen LogP contribution is 2.27. The van der Waals surface area contributed by atoms with Crippen LogP contribution in [0.2, 0.25) is 0 Å². The molecule has 1 aliphatic rings. The maximum Gasteiger partial charge on any atom is 0.295 e. The lowest BCUT2D eigenvalue weighted by molar-refractivity contribution is -0.120. The third kappa shape index (κ3) is 3.77. The molecule has 1 N–H and O–H groups in total. The van der Waals surface area contributed by atoms with E-state index in [0.717, 1.165) is 4.90 Å². The second kappa shape index (κ2) is 8.54. The molecule has 33 heavy (non-hydrogen) atoms. The summed E-state index contributed by atoms with van der Waals surface area (Å²) in [5.41, 5.74) is 1.52. The highest BCUT2D eigenvalue weighted by molar-refractivity contribution is 6.23. The number of anilines is 1. The number of fused-ring (bicyclic) bond motifs is 1. The summed E-state index contributed by atoms with van der Waals surface area (Å²) in [7, 11) is 1.73. The van der Waals surface area contributed by atoms with Crippen molar-refractivity contribution in [2.45, 2.75) is 33.2 Å². The Morgan fingerprint density at radius 3 is 2.00 bits per heavy atom. The number of imide groups is 1. The molecule has 1 aromatic heterocycles. The molecule has 0 fully saturated rings. The standard InChI is InChI=1S/C25H26N4O4/c1-15(2)14-20(28-23(31)18-12-8-9-13-19(18)24(28)32)22(30)26-21-16(3)27(4)29(25(21)33)17-10-6-5-7-11-17/h5-13,15,20H,14H2,1-4H3,(H,26,30). The number of para-hydroxylation sites is 1. The maximum atomic E-state index is 13.4.